The first kappa shape index (κ1) is 24.1. The monoisotopic (exact) mass is 485 g/mol. The largest absolute Gasteiger partial charge is 0.368 e. The molecule has 186 valence electrons. The predicted molar refractivity (Wildman–Crippen MR) is 137 cm³/mol. The van der Waals surface area contributed by atoms with Gasteiger partial charge in [0, 0.05) is 42.1 Å². The SMILES string of the molecule is O=C(CC1CC1)Nc1ccc(C#Cc2ccc(NC(=O)[C@@H]3CCCN3C(=O)[C@H]3CCCO3)cc2)cc1. The van der Waals surface area contributed by atoms with Gasteiger partial charge in [-0.2, -0.15) is 0 Å². The van der Waals surface area contributed by atoms with Crippen LogP contribution in [0.3, 0.4) is 0 Å². The van der Waals surface area contributed by atoms with Gasteiger partial charge >= 0.3 is 0 Å². The molecule has 2 aliphatic heterocycles. The van der Waals surface area contributed by atoms with Gasteiger partial charge in [-0.3, -0.25) is 14.4 Å². The van der Waals surface area contributed by atoms with Crippen LogP contribution >= 0.6 is 0 Å². The average Bonchev–Trinajstić information content (AvgIpc) is 3.34. The molecule has 36 heavy (non-hydrogen) atoms. The molecule has 2 aromatic carbocycles. The molecule has 1 saturated carbocycles. The number of nitrogens with one attached hydrogen (secondary N) is 2. The van der Waals surface area contributed by atoms with Crippen molar-refractivity contribution >= 4 is 29.1 Å². The van der Waals surface area contributed by atoms with Crippen molar-refractivity contribution < 1.29 is 19.1 Å². The van der Waals surface area contributed by atoms with Crippen LogP contribution in [0.1, 0.15) is 56.1 Å². The van der Waals surface area contributed by atoms with Crippen molar-refractivity contribution in [2.45, 2.75) is 57.1 Å². The maximum atomic E-state index is 12.9. The van der Waals surface area contributed by atoms with Crippen molar-refractivity contribution in [2.24, 2.45) is 5.92 Å². The summed E-state index contributed by atoms with van der Waals surface area (Å²) in [5.74, 6) is 6.66. The molecule has 5 rings (SSSR count). The normalized spacial score (nSPS) is 20.9. The molecule has 0 unspecified atom stereocenters. The lowest BCUT2D eigenvalue weighted by Crippen LogP contribution is -2.47. The first-order chi connectivity index (χ1) is 17.5. The number of carbonyl (C=O) groups is 3. The highest BCUT2D eigenvalue weighted by Crippen LogP contribution is 2.32. The Labute approximate surface area is 211 Å². The minimum atomic E-state index is -0.456. The van der Waals surface area contributed by atoms with Gasteiger partial charge in [0.1, 0.15) is 12.1 Å². The minimum Gasteiger partial charge on any atom is -0.368 e. The van der Waals surface area contributed by atoms with E-state index in [0.29, 0.717) is 37.6 Å². The zero-order chi connectivity index (χ0) is 24.9. The van der Waals surface area contributed by atoms with Gasteiger partial charge in [-0.05, 0) is 93.0 Å². The van der Waals surface area contributed by atoms with Crippen LogP contribution < -0.4 is 10.6 Å². The number of amides is 3. The quantitative estimate of drug-likeness (QED) is 0.607. The van der Waals surface area contributed by atoms with Crippen molar-refractivity contribution in [3.8, 4) is 11.8 Å². The van der Waals surface area contributed by atoms with Crippen LogP contribution in [0.15, 0.2) is 48.5 Å². The van der Waals surface area contributed by atoms with E-state index < -0.39 is 12.1 Å². The van der Waals surface area contributed by atoms with E-state index >= 15 is 0 Å². The van der Waals surface area contributed by atoms with Crippen LogP contribution in [-0.4, -0.2) is 47.9 Å². The van der Waals surface area contributed by atoms with Gasteiger partial charge in [-0.1, -0.05) is 11.8 Å². The van der Waals surface area contributed by atoms with Crippen LogP contribution in [0.25, 0.3) is 0 Å². The Bertz CT molecular complexity index is 1170. The van der Waals surface area contributed by atoms with Crippen molar-refractivity contribution in [3.63, 3.8) is 0 Å². The van der Waals surface area contributed by atoms with Crippen LogP contribution in [0.2, 0.25) is 0 Å². The van der Waals surface area contributed by atoms with E-state index in [0.717, 1.165) is 48.9 Å². The predicted octanol–water partition coefficient (Wildman–Crippen LogP) is 3.93. The number of benzene rings is 2. The second-order valence-electron chi connectivity index (χ2n) is 9.78. The molecule has 1 aliphatic carbocycles. The summed E-state index contributed by atoms with van der Waals surface area (Å²) in [6.07, 6.45) is 5.61. The Morgan fingerprint density at radius 3 is 2.06 bits per heavy atom. The van der Waals surface area contributed by atoms with Crippen LogP contribution in [-0.2, 0) is 19.1 Å². The number of nitrogens with zero attached hydrogens (tertiary/aromatic N) is 1. The smallest absolute Gasteiger partial charge is 0.252 e. The third kappa shape index (κ3) is 6.13. The zero-order valence-electron chi connectivity index (χ0n) is 20.3. The molecule has 0 bridgehead atoms. The number of likely N-dealkylation sites (tertiary alicyclic amines) is 1. The summed E-state index contributed by atoms with van der Waals surface area (Å²) >= 11 is 0. The molecule has 2 N–H and O–H groups in total. The topological polar surface area (TPSA) is 87.7 Å². The van der Waals surface area contributed by atoms with Gasteiger partial charge in [0.2, 0.25) is 11.8 Å². The molecule has 0 aromatic heterocycles. The number of rotatable bonds is 6. The van der Waals surface area contributed by atoms with Gasteiger partial charge < -0.3 is 20.3 Å². The van der Waals surface area contributed by atoms with E-state index in [1.54, 1.807) is 4.90 Å². The summed E-state index contributed by atoms with van der Waals surface area (Å²) in [4.78, 5) is 39.2. The second kappa shape index (κ2) is 11.0. The van der Waals surface area contributed by atoms with Crippen molar-refractivity contribution in [1.82, 2.24) is 4.90 Å². The molecule has 2 atom stereocenters. The number of ether oxygens (including phenoxy) is 1. The fraction of sp³-hybridized carbons (Fsp3) is 0.414. The van der Waals surface area contributed by atoms with Gasteiger partial charge in [-0.25, -0.2) is 0 Å². The number of hydrogen-bond donors (Lipinski definition) is 2. The Morgan fingerprint density at radius 1 is 0.833 bits per heavy atom. The summed E-state index contributed by atoms with van der Waals surface area (Å²) in [7, 11) is 0. The van der Waals surface area contributed by atoms with E-state index in [-0.39, 0.29) is 17.7 Å². The average molecular weight is 486 g/mol. The third-order valence-corrected chi connectivity index (χ3v) is 6.89. The Hall–Kier alpha value is -3.63. The van der Waals surface area contributed by atoms with E-state index in [2.05, 4.69) is 22.5 Å². The molecule has 0 radical (unpaired) electrons. The summed E-state index contributed by atoms with van der Waals surface area (Å²) in [6, 6.07) is 14.4. The number of anilines is 2. The van der Waals surface area contributed by atoms with E-state index in [9.17, 15) is 14.4 Å². The van der Waals surface area contributed by atoms with Crippen molar-refractivity contribution in [1.29, 1.82) is 0 Å². The highest BCUT2D eigenvalue weighted by Gasteiger charge is 2.38. The molecule has 2 aromatic rings. The maximum absolute atomic E-state index is 12.9. The lowest BCUT2D eigenvalue weighted by Gasteiger charge is -2.26. The highest BCUT2D eigenvalue weighted by atomic mass is 16.5. The Balaban J connectivity index is 1.14. The summed E-state index contributed by atoms with van der Waals surface area (Å²) in [5.41, 5.74) is 3.13. The van der Waals surface area contributed by atoms with Gasteiger partial charge in [0.25, 0.3) is 5.91 Å². The van der Waals surface area contributed by atoms with Crippen LogP contribution in [0.5, 0.6) is 0 Å². The van der Waals surface area contributed by atoms with Crippen molar-refractivity contribution in [2.75, 3.05) is 23.8 Å². The third-order valence-electron chi connectivity index (χ3n) is 6.89. The molecule has 3 amide bonds. The molecule has 2 saturated heterocycles. The van der Waals surface area contributed by atoms with Crippen LogP contribution in [0.4, 0.5) is 11.4 Å². The van der Waals surface area contributed by atoms with E-state index in [1.807, 2.05) is 48.5 Å². The Morgan fingerprint density at radius 2 is 1.47 bits per heavy atom. The number of hydrogen-bond acceptors (Lipinski definition) is 4. The fourth-order valence-electron chi connectivity index (χ4n) is 4.70. The summed E-state index contributed by atoms with van der Waals surface area (Å²) < 4.78 is 5.52. The first-order valence-electron chi connectivity index (χ1n) is 12.8. The first-order valence-corrected chi connectivity index (χ1v) is 12.8. The van der Waals surface area contributed by atoms with Gasteiger partial charge in [-0.15, -0.1) is 0 Å². The zero-order valence-corrected chi connectivity index (χ0v) is 20.3. The van der Waals surface area contributed by atoms with Gasteiger partial charge in [0.15, 0.2) is 0 Å². The lowest BCUT2D eigenvalue weighted by atomic mass is 10.1. The van der Waals surface area contributed by atoms with Gasteiger partial charge in [0.05, 0.1) is 0 Å². The molecule has 2 heterocycles. The molecular weight excluding hydrogens is 454 g/mol. The molecular formula is C29H31N3O4. The molecule has 7 heteroatoms. The Kier molecular flexibility index (Phi) is 7.33. The molecule has 3 fully saturated rings. The summed E-state index contributed by atoms with van der Waals surface area (Å²) in [5, 5.41) is 5.87. The van der Waals surface area contributed by atoms with Crippen molar-refractivity contribution in [3.05, 3.63) is 59.7 Å². The molecule has 0 spiro atoms. The minimum absolute atomic E-state index is 0.0653. The second-order valence-corrected chi connectivity index (χ2v) is 9.78. The number of carbonyl (C=O) groups excluding carboxylic acids is 3. The summed E-state index contributed by atoms with van der Waals surface area (Å²) in [6.45, 7) is 1.21. The standard InChI is InChI=1S/C29H31N3O4/c33-27(19-22-7-8-22)30-23-13-9-20(10-14-23)5-6-21-11-15-24(16-12-21)31-28(34)25-3-1-17-32(25)29(35)26-4-2-18-36-26/h9-16,22,25-26H,1-4,7-8,17-19H2,(H,30,33)(H,31,34)/t25-,26+/m0/s1. The highest BCUT2D eigenvalue weighted by molar-refractivity contribution is 5.98. The molecule has 7 nitrogen and oxygen atoms in total. The van der Waals surface area contributed by atoms with E-state index in [4.69, 9.17) is 4.74 Å². The molecule has 3 aliphatic rings. The lowest BCUT2D eigenvalue weighted by molar-refractivity contribution is -0.144. The van der Waals surface area contributed by atoms with Crippen LogP contribution in [0, 0.1) is 17.8 Å². The fourth-order valence-corrected chi connectivity index (χ4v) is 4.70. The maximum Gasteiger partial charge on any atom is 0.252 e. The van der Waals surface area contributed by atoms with E-state index in [1.165, 1.54) is 0 Å².